The number of carbonyl (C=O) groups excluding carboxylic acids is 1. The zero-order valence-corrected chi connectivity index (χ0v) is 18.4. The van der Waals surface area contributed by atoms with Crippen LogP contribution in [0.3, 0.4) is 0 Å². The van der Waals surface area contributed by atoms with Gasteiger partial charge in [-0.25, -0.2) is 18.0 Å². The third kappa shape index (κ3) is 6.63. The second kappa shape index (κ2) is 11.4. The van der Waals surface area contributed by atoms with Gasteiger partial charge < -0.3 is 15.1 Å². The Morgan fingerprint density at radius 3 is 1.56 bits per heavy atom. The number of hydrogen-bond donors (Lipinski definition) is 2. The number of carboxylic acid groups (broad SMARTS) is 2. The standard InChI is InChI=1S/C20H24N2O3S.C2H2O4/c1-2-26(24,25)22-15-13-21(14-16-22)20(23)19(17-9-5-3-6-10-17)18-11-7-4-8-12-18;3-1(4)2(5)6/h3-12,19H,2,13-16H2,1H3;(H,3,4)(H,5,6). The van der Waals surface area contributed by atoms with Crippen molar-refractivity contribution in [1.29, 1.82) is 0 Å². The summed E-state index contributed by atoms with van der Waals surface area (Å²) in [6.07, 6.45) is 0. The Labute approximate surface area is 186 Å². The normalized spacial score (nSPS) is 14.4. The molecule has 0 atom stereocenters. The fraction of sp³-hybridized carbons (Fsp3) is 0.318. The zero-order valence-electron chi connectivity index (χ0n) is 17.6. The third-order valence-electron chi connectivity index (χ3n) is 5.00. The minimum Gasteiger partial charge on any atom is -0.473 e. The van der Waals surface area contributed by atoms with E-state index in [0.717, 1.165) is 11.1 Å². The van der Waals surface area contributed by atoms with Crippen LogP contribution in [0.2, 0.25) is 0 Å². The number of carboxylic acids is 2. The molecule has 2 aromatic rings. The summed E-state index contributed by atoms with van der Waals surface area (Å²) in [5.41, 5.74) is 1.90. The highest BCUT2D eigenvalue weighted by atomic mass is 32.2. The van der Waals surface area contributed by atoms with E-state index in [2.05, 4.69) is 0 Å². The average molecular weight is 463 g/mol. The van der Waals surface area contributed by atoms with Gasteiger partial charge in [0.05, 0.1) is 11.7 Å². The molecule has 172 valence electrons. The first kappa shape index (κ1) is 25.0. The van der Waals surface area contributed by atoms with Crippen LogP contribution >= 0.6 is 0 Å². The third-order valence-corrected chi connectivity index (χ3v) is 6.89. The number of carbonyl (C=O) groups is 3. The molecule has 0 unspecified atom stereocenters. The van der Waals surface area contributed by atoms with Gasteiger partial charge in [-0.1, -0.05) is 60.7 Å². The molecule has 0 saturated carbocycles. The SMILES string of the molecule is CCS(=O)(=O)N1CCN(C(=O)C(c2ccccc2)c2ccccc2)CC1.O=C(O)C(=O)O. The van der Waals surface area contributed by atoms with Crippen LogP contribution in [0.4, 0.5) is 0 Å². The molecule has 0 bridgehead atoms. The van der Waals surface area contributed by atoms with Crippen molar-refractivity contribution in [2.75, 3.05) is 31.9 Å². The maximum atomic E-state index is 13.3. The lowest BCUT2D eigenvalue weighted by molar-refractivity contribution is -0.159. The van der Waals surface area contributed by atoms with Crippen molar-refractivity contribution >= 4 is 27.9 Å². The quantitative estimate of drug-likeness (QED) is 0.643. The van der Waals surface area contributed by atoms with Gasteiger partial charge in [0.25, 0.3) is 0 Å². The van der Waals surface area contributed by atoms with Crippen LogP contribution in [-0.2, 0) is 24.4 Å². The van der Waals surface area contributed by atoms with Gasteiger partial charge in [-0.3, -0.25) is 4.79 Å². The van der Waals surface area contributed by atoms with Crippen LogP contribution in [0.5, 0.6) is 0 Å². The van der Waals surface area contributed by atoms with Crippen molar-refractivity contribution < 1.29 is 33.0 Å². The number of rotatable bonds is 5. The van der Waals surface area contributed by atoms with Gasteiger partial charge in [0.15, 0.2) is 0 Å². The van der Waals surface area contributed by atoms with Crippen molar-refractivity contribution in [3.8, 4) is 0 Å². The lowest BCUT2D eigenvalue weighted by Crippen LogP contribution is -2.52. The van der Waals surface area contributed by atoms with Gasteiger partial charge in [0, 0.05) is 26.2 Å². The van der Waals surface area contributed by atoms with Crippen LogP contribution in [0, 0.1) is 0 Å². The first-order valence-corrected chi connectivity index (χ1v) is 11.6. The highest BCUT2D eigenvalue weighted by Crippen LogP contribution is 2.27. The molecule has 2 aromatic carbocycles. The maximum Gasteiger partial charge on any atom is 0.414 e. The molecule has 1 saturated heterocycles. The zero-order chi connectivity index (χ0) is 23.7. The monoisotopic (exact) mass is 462 g/mol. The molecule has 3 rings (SSSR count). The maximum absolute atomic E-state index is 13.3. The van der Waals surface area contributed by atoms with E-state index in [1.165, 1.54) is 4.31 Å². The predicted molar refractivity (Wildman–Crippen MR) is 118 cm³/mol. The van der Waals surface area contributed by atoms with E-state index >= 15 is 0 Å². The average Bonchev–Trinajstić information content (AvgIpc) is 2.81. The number of benzene rings is 2. The summed E-state index contributed by atoms with van der Waals surface area (Å²) < 4.78 is 25.5. The summed E-state index contributed by atoms with van der Waals surface area (Å²) in [4.78, 5) is 33.3. The minimum absolute atomic E-state index is 0.0240. The summed E-state index contributed by atoms with van der Waals surface area (Å²) in [6, 6.07) is 19.5. The molecule has 0 spiro atoms. The van der Waals surface area contributed by atoms with Crippen LogP contribution in [0.15, 0.2) is 60.7 Å². The Kier molecular flexibility index (Phi) is 8.91. The van der Waals surface area contributed by atoms with Crippen LogP contribution < -0.4 is 0 Å². The van der Waals surface area contributed by atoms with E-state index in [4.69, 9.17) is 19.8 Å². The molecule has 0 aliphatic carbocycles. The first-order valence-electron chi connectivity index (χ1n) is 10.00. The molecule has 9 nitrogen and oxygen atoms in total. The topological polar surface area (TPSA) is 132 Å². The Hall–Kier alpha value is -3.24. The Bertz CT molecular complexity index is 967. The molecule has 1 amide bonds. The molecular formula is C22H26N2O7S. The summed E-state index contributed by atoms with van der Waals surface area (Å²) in [6.45, 7) is 3.21. The van der Waals surface area contributed by atoms with E-state index in [-0.39, 0.29) is 17.6 Å². The van der Waals surface area contributed by atoms with E-state index in [1.54, 1.807) is 11.8 Å². The molecular weight excluding hydrogens is 436 g/mol. The summed E-state index contributed by atoms with van der Waals surface area (Å²) in [5, 5.41) is 14.8. The highest BCUT2D eigenvalue weighted by Gasteiger charge is 2.32. The van der Waals surface area contributed by atoms with E-state index < -0.39 is 22.0 Å². The van der Waals surface area contributed by atoms with Gasteiger partial charge >= 0.3 is 11.9 Å². The second-order valence-corrected chi connectivity index (χ2v) is 9.25. The number of hydrogen-bond acceptors (Lipinski definition) is 5. The van der Waals surface area contributed by atoms with Gasteiger partial charge in [0.2, 0.25) is 15.9 Å². The molecule has 1 aliphatic rings. The number of piperazine rings is 1. The molecule has 1 heterocycles. The van der Waals surface area contributed by atoms with E-state index in [9.17, 15) is 13.2 Å². The number of sulfonamides is 1. The molecule has 0 radical (unpaired) electrons. The number of aliphatic carboxylic acids is 2. The van der Waals surface area contributed by atoms with Crippen molar-refractivity contribution in [2.24, 2.45) is 0 Å². The highest BCUT2D eigenvalue weighted by molar-refractivity contribution is 7.89. The lowest BCUT2D eigenvalue weighted by Gasteiger charge is -2.36. The van der Waals surface area contributed by atoms with Crippen LogP contribution in [-0.4, -0.2) is 77.6 Å². The van der Waals surface area contributed by atoms with Gasteiger partial charge in [-0.15, -0.1) is 0 Å². The fourth-order valence-corrected chi connectivity index (χ4v) is 4.41. The summed E-state index contributed by atoms with van der Waals surface area (Å²) in [5.74, 6) is -3.90. The Morgan fingerprint density at radius 2 is 1.22 bits per heavy atom. The smallest absolute Gasteiger partial charge is 0.414 e. The summed E-state index contributed by atoms with van der Waals surface area (Å²) in [7, 11) is -3.20. The van der Waals surface area contributed by atoms with Gasteiger partial charge in [0.1, 0.15) is 0 Å². The van der Waals surface area contributed by atoms with Crippen molar-refractivity contribution in [2.45, 2.75) is 12.8 Å². The largest absolute Gasteiger partial charge is 0.473 e. The van der Waals surface area contributed by atoms with Crippen LogP contribution in [0.25, 0.3) is 0 Å². The second-order valence-electron chi connectivity index (χ2n) is 6.99. The van der Waals surface area contributed by atoms with Crippen molar-refractivity contribution in [3.05, 3.63) is 71.8 Å². The Balaban J connectivity index is 0.000000534. The van der Waals surface area contributed by atoms with E-state index in [1.807, 2.05) is 60.7 Å². The van der Waals surface area contributed by atoms with Crippen LogP contribution in [0.1, 0.15) is 24.0 Å². The van der Waals surface area contributed by atoms with Gasteiger partial charge in [-0.2, -0.15) is 4.31 Å². The minimum atomic E-state index is -3.20. The molecule has 32 heavy (non-hydrogen) atoms. The fourth-order valence-electron chi connectivity index (χ4n) is 3.32. The Morgan fingerprint density at radius 1 is 0.812 bits per heavy atom. The number of nitrogens with zero attached hydrogens (tertiary/aromatic N) is 2. The van der Waals surface area contributed by atoms with E-state index in [0.29, 0.717) is 26.2 Å². The number of amides is 1. The molecule has 1 fully saturated rings. The van der Waals surface area contributed by atoms with Crippen molar-refractivity contribution in [3.63, 3.8) is 0 Å². The predicted octanol–water partition coefficient (Wildman–Crippen LogP) is 1.47. The molecule has 0 aromatic heterocycles. The van der Waals surface area contributed by atoms with Crippen molar-refractivity contribution in [1.82, 2.24) is 9.21 Å². The first-order chi connectivity index (χ1) is 15.2. The molecule has 1 aliphatic heterocycles. The summed E-state index contributed by atoms with van der Waals surface area (Å²) >= 11 is 0. The molecule has 2 N–H and O–H groups in total. The van der Waals surface area contributed by atoms with Gasteiger partial charge in [-0.05, 0) is 18.1 Å². The lowest BCUT2D eigenvalue weighted by atomic mass is 9.90. The molecule has 10 heteroatoms.